The Morgan fingerprint density at radius 3 is 1.71 bits per heavy atom. The van der Waals surface area contributed by atoms with E-state index >= 15 is 0 Å². The van der Waals surface area contributed by atoms with Crippen LogP contribution >= 0.6 is 0 Å². The lowest BCUT2D eigenvalue weighted by atomic mass is 10.0. The highest BCUT2D eigenvalue weighted by Crippen LogP contribution is 2.15. The molecule has 124 valence electrons. The number of benzene rings is 2. The van der Waals surface area contributed by atoms with Gasteiger partial charge < -0.3 is 9.47 Å². The molecule has 0 aliphatic rings. The molecule has 0 radical (unpaired) electrons. The van der Waals surface area contributed by atoms with Crippen LogP contribution in [0.1, 0.15) is 44.4 Å². The topological polar surface area (TPSA) is 69.7 Å². The predicted octanol–water partition coefficient (Wildman–Crippen LogP) is 3.33. The molecule has 0 fully saturated rings. The van der Waals surface area contributed by atoms with Gasteiger partial charge in [-0.2, -0.15) is 0 Å². The zero-order valence-electron chi connectivity index (χ0n) is 13.6. The molecule has 0 N–H and O–H groups in total. The second-order valence-corrected chi connectivity index (χ2v) is 5.05. The molecule has 2 rings (SSSR count). The Hall–Kier alpha value is -2.95. The normalized spacial score (nSPS) is 10.1. The maximum absolute atomic E-state index is 12.2. The van der Waals surface area contributed by atoms with Gasteiger partial charge in [0.15, 0.2) is 11.6 Å². The molecule has 5 nitrogen and oxygen atoms in total. The second-order valence-electron chi connectivity index (χ2n) is 5.05. The third kappa shape index (κ3) is 4.29. The molecule has 0 saturated carbocycles. The van der Waals surface area contributed by atoms with Crippen molar-refractivity contribution >= 4 is 17.5 Å². The number of carbonyl (C=O) groups is 3. The van der Waals surface area contributed by atoms with E-state index < -0.39 is 5.97 Å². The van der Waals surface area contributed by atoms with E-state index in [9.17, 15) is 14.4 Å². The number of methoxy groups -OCH3 is 1. The lowest BCUT2D eigenvalue weighted by Crippen LogP contribution is -2.09. The first kappa shape index (κ1) is 17.4. The lowest BCUT2D eigenvalue weighted by molar-refractivity contribution is 0.0600. The third-order valence-electron chi connectivity index (χ3n) is 3.44. The van der Waals surface area contributed by atoms with Gasteiger partial charge in [-0.25, -0.2) is 4.79 Å². The Labute approximate surface area is 140 Å². The number of ketones is 2. The van der Waals surface area contributed by atoms with Gasteiger partial charge in [0.1, 0.15) is 5.75 Å². The summed E-state index contributed by atoms with van der Waals surface area (Å²) in [5.74, 6) is -0.358. The summed E-state index contributed by atoms with van der Waals surface area (Å²) in [4.78, 5) is 35.7. The second kappa shape index (κ2) is 8.06. The van der Waals surface area contributed by atoms with Gasteiger partial charge in [-0.15, -0.1) is 0 Å². The lowest BCUT2D eigenvalue weighted by Gasteiger charge is -2.05. The first-order valence-electron chi connectivity index (χ1n) is 7.52. The number of Topliss-reactive ketones (excluding diaryl/α,β-unsaturated/α-hetero) is 2. The van der Waals surface area contributed by atoms with E-state index in [2.05, 4.69) is 4.74 Å². The fraction of sp³-hybridized carbons (Fsp3) is 0.211. The maximum atomic E-state index is 12.2. The summed E-state index contributed by atoms with van der Waals surface area (Å²) in [6.45, 7) is 2.43. The van der Waals surface area contributed by atoms with Crippen LogP contribution in [0.3, 0.4) is 0 Å². The van der Waals surface area contributed by atoms with Crippen molar-refractivity contribution in [3.8, 4) is 5.75 Å². The standard InChI is InChI=1S/C19H18O5/c1-3-24-16-10-8-14(9-11-16)18(21)12-17(20)13-4-6-15(7-5-13)19(22)23-2/h4-11H,3,12H2,1-2H3. The van der Waals surface area contributed by atoms with Crippen LogP contribution in [0.15, 0.2) is 48.5 Å². The van der Waals surface area contributed by atoms with Crippen molar-refractivity contribution in [2.75, 3.05) is 13.7 Å². The molecule has 2 aromatic rings. The summed E-state index contributed by atoms with van der Waals surface area (Å²) in [6, 6.07) is 12.7. The molecule has 0 amide bonds. The molecule has 2 aromatic carbocycles. The average Bonchev–Trinajstić information content (AvgIpc) is 2.62. The molecule has 24 heavy (non-hydrogen) atoms. The SMILES string of the molecule is CCOc1ccc(C(=O)CC(=O)c2ccc(C(=O)OC)cc2)cc1. The summed E-state index contributed by atoms with van der Waals surface area (Å²) < 4.78 is 9.91. The van der Waals surface area contributed by atoms with Crippen LogP contribution in [0.4, 0.5) is 0 Å². The van der Waals surface area contributed by atoms with Crippen molar-refractivity contribution in [2.45, 2.75) is 13.3 Å². The van der Waals surface area contributed by atoms with E-state index in [0.717, 1.165) is 0 Å². The predicted molar refractivity (Wildman–Crippen MR) is 88.7 cm³/mol. The average molecular weight is 326 g/mol. The Morgan fingerprint density at radius 1 is 0.792 bits per heavy atom. The van der Waals surface area contributed by atoms with Crippen molar-refractivity contribution < 1.29 is 23.9 Å². The number of hydrogen-bond acceptors (Lipinski definition) is 5. The quantitative estimate of drug-likeness (QED) is 0.443. The molecule has 0 aliphatic carbocycles. The van der Waals surface area contributed by atoms with E-state index in [1.54, 1.807) is 24.3 Å². The molecule has 0 bridgehead atoms. The minimum atomic E-state index is -0.473. The van der Waals surface area contributed by atoms with Gasteiger partial charge in [0, 0.05) is 11.1 Å². The molecule has 0 atom stereocenters. The van der Waals surface area contributed by atoms with Gasteiger partial charge in [0.25, 0.3) is 0 Å². The fourth-order valence-corrected chi connectivity index (χ4v) is 2.16. The van der Waals surface area contributed by atoms with Crippen LogP contribution in [0.5, 0.6) is 5.75 Å². The van der Waals surface area contributed by atoms with Crippen molar-refractivity contribution in [1.29, 1.82) is 0 Å². The molecule has 0 heterocycles. The summed E-state index contributed by atoms with van der Waals surface area (Å²) in [5, 5.41) is 0. The first-order valence-corrected chi connectivity index (χ1v) is 7.52. The summed E-state index contributed by atoms with van der Waals surface area (Å²) in [7, 11) is 1.29. The number of esters is 1. The smallest absolute Gasteiger partial charge is 0.337 e. The van der Waals surface area contributed by atoms with Crippen molar-refractivity contribution in [1.82, 2.24) is 0 Å². The minimum absolute atomic E-state index is 0.231. The number of rotatable bonds is 7. The zero-order valence-corrected chi connectivity index (χ0v) is 13.6. The van der Waals surface area contributed by atoms with Crippen molar-refractivity contribution in [3.05, 3.63) is 65.2 Å². The molecule has 0 aromatic heterocycles. The number of carbonyl (C=O) groups excluding carboxylic acids is 3. The summed E-state index contributed by atoms with van der Waals surface area (Å²) in [6.07, 6.45) is -0.231. The molecular weight excluding hydrogens is 308 g/mol. The number of hydrogen-bond donors (Lipinski definition) is 0. The Balaban J connectivity index is 2.03. The van der Waals surface area contributed by atoms with Gasteiger partial charge >= 0.3 is 5.97 Å². The van der Waals surface area contributed by atoms with Crippen LogP contribution in [0, 0.1) is 0 Å². The van der Waals surface area contributed by atoms with E-state index in [-0.39, 0.29) is 18.0 Å². The minimum Gasteiger partial charge on any atom is -0.494 e. The molecule has 0 unspecified atom stereocenters. The zero-order chi connectivity index (χ0) is 17.5. The van der Waals surface area contributed by atoms with Crippen molar-refractivity contribution in [2.24, 2.45) is 0 Å². The maximum Gasteiger partial charge on any atom is 0.337 e. The molecule has 0 aliphatic heterocycles. The van der Waals surface area contributed by atoms with E-state index in [0.29, 0.717) is 29.0 Å². The highest BCUT2D eigenvalue weighted by molar-refractivity contribution is 6.13. The summed E-state index contributed by atoms with van der Waals surface area (Å²) in [5.41, 5.74) is 1.19. The van der Waals surface area contributed by atoms with Crippen molar-refractivity contribution in [3.63, 3.8) is 0 Å². The summed E-state index contributed by atoms with van der Waals surface area (Å²) >= 11 is 0. The van der Waals surface area contributed by atoms with Crippen LogP contribution < -0.4 is 4.74 Å². The highest BCUT2D eigenvalue weighted by Gasteiger charge is 2.14. The largest absolute Gasteiger partial charge is 0.494 e. The van der Waals surface area contributed by atoms with Crippen LogP contribution in [-0.4, -0.2) is 31.3 Å². The fourth-order valence-electron chi connectivity index (χ4n) is 2.16. The third-order valence-corrected chi connectivity index (χ3v) is 3.44. The molecule has 0 saturated heterocycles. The van der Waals surface area contributed by atoms with Gasteiger partial charge in [0.2, 0.25) is 0 Å². The van der Waals surface area contributed by atoms with Gasteiger partial charge in [0.05, 0.1) is 25.7 Å². The highest BCUT2D eigenvalue weighted by atomic mass is 16.5. The van der Waals surface area contributed by atoms with E-state index in [1.807, 2.05) is 6.92 Å². The van der Waals surface area contributed by atoms with Gasteiger partial charge in [-0.1, -0.05) is 12.1 Å². The monoisotopic (exact) mass is 326 g/mol. The Kier molecular flexibility index (Phi) is 5.84. The Morgan fingerprint density at radius 2 is 1.25 bits per heavy atom. The van der Waals surface area contributed by atoms with Gasteiger partial charge in [-0.05, 0) is 43.3 Å². The van der Waals surface area contributed by atoms with Crippen LogP contribution in [0.2, 0.25) is 0 Å². The first-order chi connectivity index (χ1) is 11.5. The molecule has 0 spiro atoms. The van der Waals surface area contributed by atoms with E-state index in [4.69, 9.17) is 4.74 Å². The molecular formula is C19H18O5. The van der Waals surface area contributed by atoms with Crippen LogP contribution in [-0.2, 0) is 4.74 Å². The van der Waals surface area contributed by atoms with E-state index in [1.165, 1.54) is 31.4 Å². The molecule has 5 heteroatoms. The van der Waals surface area contributed by atoms with Gasteiger partial charge in [-0.3, -0.25) is 9.59 Å². The Bertz CT molecular complexity index is 729. The van der Waals surface area contributed by atoms with Crippen LogP contribution in [0.25, 0.3) is 0 Å². The number of ether oxygens (including phenoxy) is 2.